The van der Waals surface area contributed by atoms with Crippen LogP contribution < -0.4 is 14.8 Å². The van der Waals surface area contributed by atoms with Crippen LogP contribution in [0.4, 0.5) is 5.69 Å². The first-order valence-electron chi connectivity index (χ1n) is 10.8. The highest BCUT2D eigenvalue weighted by Crippen LogP contribution is 2.41. The highest BCUT2D eigenvalue weighted by Gasteiger charge is 2.33. The second kappa shape index (κ2) is 8.95. The van der Waals surface area contributed by atoms with Gasteiger partial charge in [-0.05, 0) is 49.6 Å². The molecule has 1 aliphatic heterocycles. The van der Waals surface area contributed by atoms with Crippen LogP contribution in [0.3, 0.4) is 0 Å². The lowest BCUT2D eigenvalue weighted by atomic mass is 9.93. The van der Waals surface area contributed by atoms with Crippen LogP contribution in [-0.2, 0) is 16.1 Å². The Morgan fingerprint density at radius 3 is 2.47 bits per heavy atom. The molecule has 0 radical (unpaired) electrons. The molecule has 0 amide bonds. The second-order valence-electron chi connectivity index (χ2n) is 8.22. The number of nitrogens with one attached hydrogen (secondary N) is 1. The molecule has 3 aromatic rings. The van der Waals surface area contributed by atoms with E-state index in [9.17, 15) is 4.79 Å². The topological polar surface area (TPSA) is 56.8 Å². The first kappa shape index (κ1) is 21.8. The quantitative estimate of drug-likeness (QED) is 0.487. The molecule has 3 aromatic carbocycles. The molecule has 0 spiro atoms. The van der Waals surface area contributed by atoms with Gasteiger partial charge in [0.25, 0.3) is 0 Å². The third-order valence-electron chi connectivity index (χ3n) is 5.89. The number of carbonyl (C=O) groups is 1. The smallest absolute Gasteiger partial charge is 0.303 e. The van der Waals surface area contributed by atoms with Gasteiger partial charge < -0.3 is 19.5 Å². The number of hydrogen-bond acceptors (Lipinski definition) is 5. The van der Waals surface area contributed by atoms with Crippen molar-refractivity contribution in [3.8, 4) is 22.6 Å². The van der Waals surface area contributed by atoms with Gasteiger partial charge in [0.05, 0.1) is 7.11 Å². The van der Waals surface area contributed by atoms with Crippen LogP contribution in [0.15, 0.2) is 54.6 Å². The van der Waals surface area contributed by atoms with Crippen LogP contribution >= 0.6 is 0 Å². The van der Waals surface area contributed by atoms with Crippen molar-refractivity contribution in [2.24, 2.45) is 0 Å². The van der Waals surface area contributed by atoms with Crippen LogP contribution in [0.1, 0.15) is 42.2 Å². The first-order valence-corrected chi connectivity index (χ1v) is 10.8. The number of carbonyl (C=O) groups excluding carboxylic acids is 1. The maximum atomic E-state index is 11.4. The molecular formula is C27H29NO4. The Bertz CT molecular complexity index is 1130. The van der Waals surface area contributed by atoms with E-state index in [1.165, 1.54) is 23.6 Å². The molecule has 166 valence electrons. The van der Waals surface area contributed by atoms with Crippen molar-refractivity contribution in [1.29, 1.82) is 0 Å². The monoisotopic (exact) mass is 431 g/mol. The molecule has 0 bridgehead atoms. The van der Waals surface area contributed by atoms with Crippen LogP contribution in [0.25, 0.3) is 11.1 Å². The van der Waals surface area contributed by atoms with Crippen LogP contribution in [0.5, 0.6) is 11.5 Å². The SMILES string of the molecule is COc1c(CNc2ccc3c(c2)OC(C)[C@H]3OC(C)=O)cccc1-c1c(C)cccc1C. The molecule has 1 heterocycles. The predicted octanol–water partition coefficient (Wildman–Crippen LogP) is 5.98. The second-order valence-corrected chi connectivity index (χ2v) is 8.22. The fraction of sp³-hybridized carbons (Fsp3) is 0.296. The summed E-state index contributed by atoms with van der Waals surface area (Å²) < 4.78 is 17.2. The van der Waals surface area contributed by atoms with Gasteiger partial charge in [-0.3, -0.25) is 4.79 Å². The molecule has 0 saturated heterocycles. The van der Waals surface area contributed by atoms with Crippen molar-refractivity contribution in [1.82, 2.24) is 0 Å². The number of aryl methyl sites for hydroxylation is 2. The molecule has 1 unspecified atom stereocenters. The molecule has 32 heavy (non-hydrogen) atoms. The molecule has 2 atom stereocenters. The van der Waals surface area contributed by atoms with Gasteiger partial charge in [-0.25, -0.2) is 0 Å². The summed E-state index contributed by atoms with van der Waals surface area (Å²) in [5, 5.41) is 3.48. The van der Waals surface area contributed by atoms with Gasteiger partial charge in [-0.15, -0.1) is 0 Å². The number of esters is 1. The fourth-order valence-electron chi connectivity index (χ4n) is 4.43. The number of para-hydroxylation sites is 1. The van der Waals surface area contributed by atoms with E-state index in [1.54, 1.807) is 7.11 Å². The van der Waals surface area contributed by atoms with Crippen molar-refractivity contribution in [3.63, 3.8) is 0 Å². The van der Waals surface area contributed by atoms with E-state index >= 15 is 0 Å². The normalized spacial score (nSPS) is 16.8. The van der Waals surface area contributed by atoms with Gasteiger partial charge in [0.15, 0.2) is 6.10 Å². The molecule has 4 rings (SSSR count). The third-order valence-corrected chi connectivity index (χ3v) is 5.89. The minimum absolute atomic E-state index is 0.210. The average molecular weight is 432 g/mol. The number of fused-ring (bicyclic) bond motifs is 1. The lowest BCUT2D eigenvalue weighted by Gasteiger charge is -2.18. The molecule has 1 aliphatic rings. The van der Waals surface area contributed by atoms with Crippen LogP contribution in [0, 0.1) is 13.8 Å². The summed E-state index contributed by atoms with van der Waals surface area (Å²) in [7, 11) is 1.72. The molecule has 0 saturated carbocycles. The van der Waals surface area contributed by atoms with E-state index in [1.807, 2.05) is 25.1 Å². The van der Waals surface area contributed by atoms with E-state index in [0.717, 1.165) is 33.9 Å². The van der Waals surface area contributed by atoms with Gasteiger partial charge in [0.1, 0.15) is 17.6 Å². The summed E-state index contributed by atoms with van der Waals surface area (Å²) in [6, 6.07) is 18.5. The van der Waals surface area contributed by atoms with Gasteiger partial charge in [0, 0.05) is 41.9 Å². The Kier molecular flexibility index (Phi) is 6.08. The van der Waals surface area contributed by atoms with Gasteiger partial charge in [0.2, 0.25) is 0 Å². The predicted molar refractivity (Wildman–Crippen MR) is 126 cm³/mol. The van der Waals surface area contributed by atoms with Crippen molar-refractivity contribution in [2.45, 2.75) is 46.4 Å². The molecule has 5 nitrogen and oxygen atoms in total. The van der Waals surface area contributed by atoms with E-state index in [4.69, 9.17) is 14.2 Å². The van der Waals surface area contributed by atoms with Crippen molar-refractivity contribution in [3.05, 3.63) is 76.9 Å². The largest absolute Gasteiger partial charge is 0.496 e. The zero-order chi connectivity index (χ0) is 22.8. The molecule has 0 fully saturated rings. The zero-order valence-electron chi connectivity index (χ0n) is 19.2. The molecule has 1 N–H and O–H groups in total. The molecule has 0 aliphatic carbocycles. The summed E-state index contributed by atoms with van der Waals surface area (Å²) >= 11 is 0. The summed E-state index contributed by atoms with van der Waals surface area (Å²) in [6.07, 6.45) is -0.580. The van der Waals surface area contributed by atoms with E-state index in [-0.39, 0.29) is 18.2 Å². The Morgan fingerprint density at radius 2 is 1.78 bits per heavy atom. The van der Waals surface area contributed by atoms with E-state index in [2.05, 4.69) is 55.6 Å². The minimum atomic E-state index is -0.370. The van der Waals surface area contributed by atoms with Gasteiger partial charge in [-0.1, -0.05) is 36.4 Å². The molecule has 5 heteroatoms. The first-order chi connectivity index (χ1) is 15.4. The fourth-order valence-corrected chi connectivity index (χ4v) is 4.43. The van der Waals surface area contributed by atoms with Crippen LogP contribution in [-0.4, -0.2) is 19.2 Å². The number of ether oxygens (including phenoxy) is 3. The standard InChI is InChI=1S/C27H29NO4/c1-16-8-6-9-17(2)25(16)23-11-7-10-20(27(23)30-5)15-28-21-12-13-22-24(14-21)31-18(3)26(22)32-19(4)29/h6-14,18,26,28H,15H2,1-5H3/t18?,26-/m1/s1. The number of benzene rings is 3. The number of rotatable bonds is 6. The Balaban J connectivity index is 1.58. The maximum Gasteiger partial charge on any atom is 0.303 e. The van der Waals surface area contributed by atoms with E-state index < -0.39 is 0 Å². The average Bonchev–Trinajstić information content (AvgIpc) is 3.06. The lowest BCUT2D eigenvalue weighted by Crippen LogP contribution is -2.18. The van der Waals surface area contributed by atoms with E-state index in [0.29, 0.717) is 6.54 Å². The molecular weight excluding hydrogens is 402 g/mol. The minimum Gasteiger partial charge on any atom is -0.496 e. The molecule has 0 aromatic heterocycles. The number of anilines is 1. The summed E-state index contributed by atoms with van der Waals surface area (Å²) in [6.45, 7) is 8.18. The Morgan fingerprint density at radius 1 is 1.06 bits per heavy atom. The highest BCUT2D eigenvalue weighted by molar-refractivity contribution is 5.77. The third kappa shape index (κ3) is 4.15. The van der Waals surface area contributed by atoms with Crippen molar-refractivity contribution >= 4 is 11.7 Å². The number of methoxy groups -OCH3 is 1. The van der Waals surface area contributed by atoms with Gasteiger partial charge in [-0.2, -0.15) is 0 Å². The van der Waals surface area contributed by atoms with Crippen molar-refractivity contribution in [2.75, 3.05) is 12.4 Å². The summed E-state index contributed by atoms with van der Waals surface area (Å²) in [5.41, 5.74) is 7.65. The maximum absolute atomic E-state index is 11.4. The number of hydrogen-bond donors (Lipinski definition) is 1. The van der Waals surface area contributed by atoms with Crippen LogP contribution in [0.2, 0.25) is 0 Å². The van der Waals surface area contributed by atoms with Crippen molar-refractivity contribution < 1.29 is 19.0 Å². The Hall–Kier alpha value is -3.47. The lowest BCUT2D eigenvalue weighted by molar-refractivity contribution is -0.149. The Labute approximate surface area is 189 Å². The summed E-state index contributed by atoms with van der Waals surface area (Å²) in [5.74, 6) is 1.31. The van der Waals surface area contributed by atoms with Gasteiger partial charge >= 0.3 is 5.97 Å². The summed E-state index contributed by atoms with van der Waals surface area (Å²) in [4.78, 5) is 11.4. The zero-order valence-corrected chi connectivity index (χ0v) is 19.2. The highest BCUT2D eigenvalue weighted by atomic mass is 16.6.